The number of aryl methyl sites for hydroxylation is 1. The summed E-state index contributed by atoms with van der Waals surface area (Å²) in [6, 6.07) is 0.218. The lowest BCUT2D eigenvalue weighted by atomic mass is 10.2. The van der Waals surface area contributed by atoms with Crippen molar-refractivity contribution < 1.29 is 9.84 Å². The van der Waals surface area contributed by atoms with Gasteiger partial charge in [-0.2, -0.15) is 0 Å². The fourth-order valence-electron chi connectivity index (χ4n) is 1.63. The zero-order chi connectivity index (χ0) is 11.8. The predicted octanol–water partition coefficient (Wildman–Crippen LogP) is -0.0504. The van der Waals surface area contributed by atoms with E-state index in [4.69, 9.17) is 9.84 Å². The lowest BCUT2D eigenvalue weighted by Crippen LogP contribution is -2.35. The molecule has 5 heteroatoms. The molecule has 5 nitrogen and oxygen atoms in total. The fraction of sp³-hybridized carbons (Fsp3) is 0.727. The van der Waals surface area contributed by atoms with Gasteiger partial charge in [-0.25, -0.2) is 4.98 Å². The van der Waals surface area contributed by atoms with Crippen LogP contribution in [-0.4, -0.2) is 47.6 Å². The summed E-state index contributed by atoms with van der Waals surface area (Å²) in [5, 5.41) is 12.2. The van der Waals surface area contributed by atoms with Crippen LogP contribution in [0.1, 0.15) is 12.2 Å². The molecule has 1 aromatic rings. The first-order valence-corrected chi connectivity index (χ1v) is 5.57. The number of imidazole rings is 1. The van der Waals surface area contributed by atoms with Gasteiger partial charge in [0.2, 0.25) is 0 Å². The Morgan fingerprint density at radius 1 is 1.62 bits per heavy atom. The van der Waals surface area contributed by atoms with E-state index in [9.17, 15) is 0 Å². The number of hydrogen-bond acceptors (Lipinski definition) is 4. The minimum atomic E-state index is 0.184. The molecule has 0 fully saturated rings. The predicted molar refractivity (Wildman–Crippen MR) is 62.3 cm³/mol. The summed E-state index contributed by atoms with van der Waals surface area (Å²) in [5.74, 6) is 1.06. The molecule has 0 saturated heterocycles. The minimum absolute atomic E-state index is 0.184. The summed E-state index contributed by atoms with van der Waals surface area (Å²) in [5.41, 5.74) is 0. The molecule has 2 N–H and O–H groups in total. The second kappa shape index (κ2) is 7.38. The third-order valence-electron chi connectivity index (χ3n) is 2.55. The Hall–Kier alpha value is -0.910. The number of nitrogens with one attached hydrogen (secondary N) is 1. The highest BCUT2D eigenvalue weighted by Crippen LogP contribution is 1.96. The van der Waals surface area contributed by atoms with Crippen molar-refractivity contribution in [3.05, 3.63) is 18.2 Å². The normalized spacial score (nSPS) is 12.9. The van der Waals surface area contributed by atoms with Crippen molar-refractivity contribution >= 4 is 0 Å². The summed E-state index contributed by atoms with van der Waals surface area (Å²) < 4.78 is 7.09. The number of nitrogens with zero attached hydrogens (tertiary/aromatic N) is 2. The maximum absolute atomic E-state index is 8.88. The van der Waals surface area contributed by atoms with Gasteiger partial charge in [0, 0.05) is 52.2 Å². The topological polar surface area (TPSA) is 59.3 Å². The van der Waals surface area contributed by atoms with Crippen molar-refractivity contribution in [1.29, 1.82) is 0 Å². The lowest BCUT2D eigenvalue weighted by molar-refractivity contribution is 0.149. The number of rotatable bonds is 8. The Kier molecular flexibility index (Phi) is 6.07. The largest absolute Gasteiger partial charge is 0.396 e. The number of ether oxygens (including phenoxy) is 1. The molecule has 1 unspecified atom stereocenters. The Labute approximate surface area is 96.4 Å². The van der Waals surface area contributed by atoms with E-state index < -0.39 is 0 Å². The number of aliphatic hydroxyl groups is 1. The quantitative estimate of drug-likeness (QED) is 0.654. The Bertz CT molecular complexity index is 283. The molecule has 92 valence electrons. The van der Waals surface area contributed by atoms with E-state index in [1.807, 2.05) is 17.8 Å². The van der Waals surface area contributed by atoms with Crippen LogP contribution in [-0.2, 0) is 18.2 Å². The molecule has 0 aromatic carbocycles. The van der Waals surface area contributed by atoms with Gasteiger partial charge in [-0.05, 0) is 6.42 Å². The molecule has 0 radical (unpaired) electrons. The Balaban J connectivity index is 2.24. The van der Waals surface area contributed by atoms with E-state index in [2.05, 4.69) is 10.3 Å². The highest BCUT2D eigenvalue weighted by atomic mass is 16.5. The van der Waals surface area contributed by atoms with Crippen LogP contribution in [0.2, 0.25) is 0 Å². The smallest absolute Gasteiger partial charge is 0.109 e. The average Bonchev–Trinajstić information content (AvgIpc) is 2.65. The van der Waals surface area contributed by atoms with Crippen LogP contribution in [0.15, 0.2) is 12.4 Å². The molecule has 0 spiro atoms. The van der Waals surface area contributed by atoms with Crippen LogP contribution in [0.3, 0.4) is 0 Å². The summed E-state index contributed by atoms with van der Waals surface area (Å²) >= 11 is 0. The first-order valence-electron chi connectivity index (χ1n) is 5.57. The highest BCUT2D eigenvalue weighted by Gasteiger charge is 2.07. The van der Waals surface area contributed by atoms with Gasteiger partial charge < -0.3 is 19.7 Å². The Morgan fingerprint density at radius 2 is 2.44 bits per heavy atom. The van der Waals surface area contributed by atoms with Crippen LogP contribution in [0.5, 0.6) is 0 Å². The van der Waals surface area contributed by atoms with E-state index in [0.717, 1.165) is 18.8 Å². The third kappa shape index (κ3) is 4.30. The van der Waals surface area contributed by atoms with Gasteiger partial charge in [0.15, 0.2) is 0 Å². The number of aromatic nitrogens is 2. The van der Waals surface area contributed by atoms with Crippen molar-refractivity contribution in [2.45, 2.75) is 18.9 Å². The van der Waals surface area contributed by atoms with Crippen molar-refractivity contribution in [1.82, 2.24) is 14.9 Å². The minimum Gasteiger partial charge on any atom is -0.396 e. The fourth-order valence-corrected chi connectivity index (χ4v) is 1.63. The lowest BCUT2D eigenvalue weighted by Gasteiger charge is -2.16. The standard InChI is InChI=1S/C11H21N3O2/c1-14-7-6-13-11(14)3-5-12-10(4-8-15)9-16-2/h6-7,10,12,15H,3-5,8-9H2,1-2H3. The van der Waals surface area contributed by atoms with E-state index in [-0.39, 0.29) is 12.6 Å². The molecule has 1 rings (SSSR count). The molecule has 0 amide bonds. The second-order valence-electron chi connectivity index (χ2n) is 3.82. The van der Waals surface area contributed by atoms with Gasteiger partial charge in [0.25, 0.3) is 0 Å². The van der Waals surface area contributed by atoms with E-state index in [1.54, 1.807) is 13.3 Å². The number of methoxy groups -OCH3 is 1. The van der Waals surface area contributed by atoms with Crippen LogP contribution in [0.25, 0.3) is 0 Å². The number of hydrogen-bond donors (Lipinski definition) is 2. The van der Waals surface area contributed by atoms with Gasteiger partial charge in [0.05, 0.1) is 6.61 Å². The van der Waals surface area contributed by atoms with Gasteiger partial charge in [0.1, 0.15) is 5.82 Å². The van der Waals surface area contributed by atoms with Crippen LogP contribution >= 0.6 is 0 Å². The van der Waals surface area contributed by atoms with Gasteiger partial charge >= 0.3 is 0 Å². The van der Waals surface area contributed by atoms with Crippen molar-refractivity contribution in [3.63, 3.8) is 0 Å². The molecular formula is C11H21N3O2. The molecular weight excluding hydrogens is 206 g/mol. The first-order chi connectivity index (χ1) is 7.77. The SMILES string of the molecule is COCC(CCO)NCCc1nccn1C. The van der Waals surface area contributed by atoms with Crippen LogP contribution in [0.4, 0.5) is 0 Å². The monoisotopic (exact) mass is 227 g/mol. The average molecular weight is 227 g/mol. The molecule has 0 saturated carbocycles. The molecule has 0 aliphatic carbocycles. The maximum Gasteiger partial charge on any atom is 0.109 e. The van der Waals surface area contributed by atoms with E-state index >= 15 is 0 Å². The van der Waals surface area contributed by atoms with Gasteiger partial charge in [-0.15, -0.1) is 0 Å². The highest BCUT2D eigenvalue weighted by molar-refractivity contribution is 4.91. The van der Waals surface area contributed by atoms with Crippen LogP contribution < -0.4 is 5.32 Å². The Morgan fingerprint density at radius 3 is 3.00 bits per heavy atom. The van der Waals surface area contributed by atoms with E-state index in [0.29, 0.717) is 13.0 Å². The summed E-state index contributed by atoms with van der Waals surface area (Å²) in [6.07, 6.45) is 5.34. The van der Waals surface area contributed by atoms with Gasteiger partial charge in [-0.1, -0.05) is 0 Å². The summed E-state index contributed by atoms with van der Waals surface area (Å²) in [7, 11) is 3.66. The molecule has 1 atom stereocenters. The molecule has 0 bridgehead atoms. The second-order valence-corrected chi connectivity index (χ2v) is 3.82. The summed E-state index contributed by atoms with van der Waals surface area (Å²) in [6.45, 7) is 1.66. The van der Waals surface area contributed by atoms with E-state index in [1.165, 1.54) is 0 Å². The van der Waals surface area contributed by atoms with Crippen LogP contribution in [0, 0.1) is 0 Å². The zero-order valence-electron chi connectivity index (χ0n) is 10.0. The first kappa shape index (κ1) is 13.2. The zero-order valence-corrected chi connectivity index (χ0v) is 10.0. The van der Waals surface area contributed by atoms with Crippen molar-refractivity contribution in [2.24, 2.45) is 7.05 Å². The molecule has 1 heterocycles. The number of aliphatic hydroxyl groups excluding tert-OH is 1. The molecule has 16 heavy (non-hydrogen) atoms. The van der Waals surface area contributed by atoms with Crippen molar-refractivity contribution in [3.8, 4) is 0 Å². The molecule has 1 aromatic heterocycles. The van der Waals surface area contributed by atoms with Crippen molar-refractivity contribution in [2.75, 3.05) is 26.9 Å². The maximum atomic E-state index is 8.88. The molecule has 0 aliphatic rings. The van der Waals surface area contributed by atoms with Gasteiger partial charge in [-0.3, -0.25) is 0 Å². The third-order valence-corrected chi connectivity index (χ3v) is 2.55. The summed E-state index contributed by atoms with van der Waals surface area (Å²) in [4.78, 5) is 4.25. The molecule has 0 aliphatic heterocycles.